The molecule has 1 aromatic carbocycles. The van der Waals surface area contributed by atoms with Crippen molar-refractivity contribution in [2.24, 2.45) is 5.92 Å². The van der Waals surface area contributed by atoms with E-state index in [1.807, 2.05) is 17.0 Å². The number of likely N-dealkylation sites (tertiary alicyclic amines) is 1. The van der Waals surface area contributed by atoms with Crippen molar-refractivity contribution < 1.29 is 9.53 Å². The first-order chi connectivity index (χ1) is 13.6. The first-order valence-corrected chi connectivity index (χ1v) is 11.1. The Hall–Kier alpha value is -0.850. The first kappa shape index (κ1) is 25.4. The van der Waals surface area contributed by atoms with E-state index < -0.39 is 0 Å². The van der Waals surface area contributed by atoms with E-state index in [0.29, 0.717) is 6.04 Å². The van der Waals surface area contributed by atoms with Gasteiger partial charge in [0.1, 0.15) is 0 Å². The number of nitrogens with one attached hydrogen (secondary N) is 1. The zero-order chi connectivity index (χ0) is 19.5. The number of nitrogens with zero attached hydrogens (tertiary/aromatic N) is 2. The minimum atomic E-state index is 0. The number of rotatable bonds is 6. The molecule has 1 N–H and O–H groups in total. The Morgan fingerprint density at radius 2 is 1.60 bits per heavy atom. The molecule has 2 aliphatic heterocycles. The number of hydrogen-bond donors (Lipinski definition) is 1. The monoisotopic (exact) mass is 457 g/mol. The van der Waals surface area contributed by atoms with Crippen molar-refractivity contribution in [3.63, 3.8) is 0 Å². The summed E-state index contributed by atoms with van der Waals surface area (Å²) in [5, 5.41) is 3.68. The Labute approximate surface area is 193 Å². The van der Waals surface area contributed by atoms with Gasteiger partial charge in [-0.3, -0.25) is 9.69 Å². The SMILES string of the molecule is CC1CN(Cc2ccc(C(=O)N3CCC(NCC4CC4)CC3)cc2)CC(C)O1.Cl.Cl. The van der Waals surface area contributed by atoms with Crippen LogP contribution in [0.25, 0.3) is 0 Å². The van der Waals surface area contributed by atoms with Gasteiger partial charge in [0.05, 0.1) is 12.2 Å². The van der Waals surface area contributed by atoms with Crippen molar-refractivity contribution in [3.8, 4) is 0 Å². The van der Waals surface area contributed by atoms with Crippen LogP contribution in [0, 0.1) is 5.92 Å². The molecule has 5 nitrogen and oxygen atoms in total. The van der Waals surface area contributed by atoms with E-state index in [1.54, 1.807) is 0 Å². The Morgan fingerprint density at radius 1 is 1.00 bits per heavy atom. The number of morpholine rings is 1. The molecule has 0 aromatic heterocycles. The van der Waals surface area contributed by atoms with E-state index in [1.165, 1.54) is 24.9 Å². The van der Waals surface area contributed by atoms with Crippen LogP contribution < -0.4 is 5.32 Å². The molecule has 2 heterocycles. The van der Waals surface area contributed by atoms with Gasteiger partial charge in [0.25, 0.3) is 5.91 Å². The average molecular weight is 458 g/mol. The third-order valence-electron chi connectivity index (χ3n) is 6.28. The molecule has 170 valence electrons. The van der Waals surface area contributed by atoms with Crippen molar-refractivity contribution in [2.75, 3.05) is 32.7 Å². The highest BCUT2D eigenvalue weighted by Crippen LogP contribution is 2.28. The number of halogens is 2. The van der Waals surface area contributed by atoms with Crippen LogP contribution in [-0.2, 0) is 11.3 Å². The molecule has 1 aromatic rings. The van der Waals surface area contributed by atoms with Crippen LogP contribution >= 0.6 is 24.8 Å². The summed E-state index contributed by atoms with van der Waals surface area (Å²) in [6.45, 7) is 10.0. The standard InChI is InChI=1S/C23H35N3O2.2ClH/c1-17-14-25(15-18(2)28-17)16-20-5-7-21(8-6-20)23(27)26-11-9-22(10-12-26)24-13-19-3-4-19;;/h5-8,17-19,22,24H,3-4,9-16H2,1-2H3;2*1H. The van der Waals surface area contributed by atoms with Crippen LogP contribution in [0.3, 0.4) is 0 Å². The number of ether oxygens (including phenoxy) is 1. The van der Waals surface area contributed by atoms with Crippen LogP contribution in [0.5, 0.6) is 0 Å². The summed E-state index contributed by atoms with van der Waals surface area (Å²) in [6, 6.07) is 8.82. The molecule has 3 aliphatic rings. The third kappa shape index (κ3) is 7.10. The third-order valence-corrected chi connectivity index (χ3v) is 6.28. The predicted molar refractivity (Wildman–Crippen MR) is 126 cm³/mol. The number of amides is 1. The van der Waals surface area contributed by atoms with Gasteiger partial charge in [-0.05, 0) is 69.7 Å². The molecule has 7 heteroatoms. The van der Waals surface area contributed by atoms with E-state index in [4.69, 9.17) is 4.74 Å². The van der Waals surface area contributed by atoms with E-state index in [9.17, 15) is 4.79 Å². The summed E-state index contributed by atoms with van der Waals surface area (Å²) >= 11 is 0. The predicted octanol–water partition coefficient (Wildman–Crippen LogP) is 3.74. The van der Waals surface area contributed by atoms with Gasteiger partial charge in [0.15, 0.2) is 0 Å². The van der Waals surface area contributed by atoms with Crippen LogP contribution in [-0.4, -0.2) is 66.7 Å². The normalized spacial score (nSPS) is 25.3. The lowest BCUT2D eigenvalue weighted by Crippen LogP contribution is -2.45. The van der Waals surface area contributed by atoms with Crippen LogP contribution in [0.2, 0.25) is 0 Å². The van der Waals surface area contributed by atoms with E-state index >= 15 is 0 Å². The van der Waals surface area contributed by atoms with Gasteiger partial charge in [-0.2, -0.15) is 0 Å². The van der Waals surface area contributed by atoms with Gasteiger partial charge in [-0.15, -0.1) is 24.8 Å². The fourth-order valence-electron chi connectivity index (χ4n) is 4.55. The molecule has 3 fully saturated rings. The molecular weight excluding hydrogens is 421 g/mol. The Balaban J connectivity index is 0.00000160. The molecule has 1 aliphatic carbocycles. The number of carbonyl (C=O) groups is 1. The van der Waals surface area contributed by atoms with Crippen molar-refractivity contribution in [3.05, 3.63) is 35.4 Å². The molecule has 1 saturated carbocycles. The molecule has 4 rings (SSSR count). The Kier molecular flexibility index (Phi) is 9.89. The second kappa shape index (κ2) is 11.7. The van der Waals surface area contributed by atoms with Gasteiger partial charge in [0.2, 0.25) is 0 Å². The Morgan fingerprint density at radius 3 is 2.17 bits per heavy atom. The summed E-state index contributed by atoms with van der Waals surface area (Å²) in [5.41, 5.74) is 2.08. The average Bonchev–Trinajstić information content (AvgIpc) is 3.51. The zero-order valence-corrected chi connectivity index (χ0v) is 19.9. The zero-order valence-electron chi connectivity index (χ0n) is 18.2. The highest BCUT2D eigenvalue weighted by atomic mass is 35.5. The number of piperidine rings is 1. The fraction of sp³-hybridized carbons (Fsp3) is 0.696. The molecule has 0 bridgehead atoms. The van der Waals surface area contributed by atoms with Crippen LogP contribution in [0.1, 0.15) is 55.5 Å². The lowest BCUT2D eigenvalue weighted by Gasteiger charge is -2.35. The topological polar surface area (TPSA) is 44.8 Å². The van der Waals surface area contributed by atoms with Crippen LogP contribution in [0.4, 0.5) is 0 Å². The maximum absolute atomic E-state index is 12.8. The number of benzene rings is 1. The second-order valence-corrected chi connectivity index (χ2v) is 9.07. The maximum Gasteiger partial charge on any atom is 0.253 e. The summed E-state index contributed by atoms with van der Waals surface area (Å²) in [6.07, 6.45) is 5.50. The van der Waals surface area contributed by atoms with E-state index in [2.05, 4.69) is 36.2 Å². The van der Waals surface area contributed by atoms with Gasteiger partial charge in [-0.25, -0.2) is 0 Å². The lowest BCUT2D eigenvalue weighted by atomic mass is 10.0. The smallest absolute Gasteiger partial charge is 0.253 e. The van der Waals surface area contributed by atoms with Crippen molar-refractivity contribution in [1.29, 1.82) is 0 Å². The summed E-state index contributed by atoms with van der Waals surface area (Å²) in [4.78, 5) is 17.3. The van der Waals surface area contributed by atoms with Gasteiger partial charge in [-0.1, -0.05) is 12.1 Å². The minimum Gasteiger partial charge on any atom is -0.373 e. The maximum atomic E-state index is 12.8. The molecule has 0 spiro atoms. The van der Waals surface area contributed by atoms with Gasteiger partial charge in [0, 0.05) is 44.3 Å². The number of carbonyl (C=O) groups excluding carboxylic acids is 1. The van der Waals surface area contributed by atoms with Crippen molar-refractivity contribution >= 4 is 30.7 Å². The molecular formula is C23H37Cl2N3O2. The number of hydrogen-bond acceptors (Lipinski definition) is 4. The quantitative estimate of drug-likeness (QED) is 0.706. The molecule has 1 amide bonds. The first-order valence-electron chi connectivity index (χ1n) is 11.1. The lowest BCUT2D eigenvalue weighted by molar-refractivity contribution is -0.0704. The molecule has 0 radical (unpaired) electrons. The van der Waals surface area contributed by atoms with E-state index in [-0.39, 0.29) is 42.9 Å². The molecule has 2 unspecified atom stereocenters. The molecule has 2 atom stereocenters. The molecule has 30 heavy (non-hydrogen) atoms. The van der Waals surface area contributed by atoms with Crippen molar-refractivity contribution in [2.45, 2.75) is 64.3 Å². The van der Waals surface area contributed by atoms with Crippen molar-refractivity contribution in [1.82, 2.24) is 15.1 Å². The second-order valence-electron chi connectivity index (χ2n) is 9.07. The fourth-order valence-corrected chi connectivity index (χ4v) is 4.55. The summed E-state index contributed by atoms with van der Waals surface area (Å²) in [5.74, 6) is 1.10. The highest BCUT2D eigenvalue weighted by Gasteiger charge is 2.26. The largest absolute Gasteiger partial charge is 0.373 e. The summed E-state index contributed by atoms with van der Waals surface area (Å²) < 4.78 is 5.81. The van der Waals surface area contributed by atoms with E-state index in [0.717, 1.165) is 57.0 Å². The van der Waals surface area contributed by atoms with Crippen LogP contribution in [0.15, 0.2) is 24.3 Å². The van der Waals surface area contributed by atoms with Gasteiger partial charge >= 0.3 is 0 Å². The molecule has 2 saturated heterocycles. The Bertz CT molecular complexity index is 651. The summed E-state index contributed by atoms with van der Waals surface area (Å²) in [7, 11) is 0. The highest BCUT2D eigenvalue weighted by molar-refractivity contribution is 5.94. The minimum absolute atomic E-state index is 0. The van der Waals surface area contributed by atoms with Gasteiger partial charge < -0.3 is 15.0 Å².